The molecule has 0 aliphatic heterocycles. The molecular weight excluding hydrogens is 250 g/mol. The summed E-state index contributed by atoms with van der Waals surface area (Å²) in [5.41, 5.74) is 0. The lowest BCUT2D eigenvalue weighted by Gasteiger charge is -2.19. The molecular formula is C12H21N3O4. The molecule has 1 atom stereocenters. The lowest BCUT2D eigenvalue weighted by atomic mass is 10.2. The molecule has 3 N–H and O–H groups in total. The van der Waals surface area contributed by atoms with Crippen molar-refractivity contribution < 1.29 is 19.5 Å². The zero-order valence-corrected chi connectivity index (χ0v) is 11.3. The number of carbonyl (C=O) groups excluding carboxylic acids is 2. The summed E-state index contributed by atoms with van der Waals surface area (Å²) in [6, 6.07) is -1.47. The highest BCUT2D eigenvalue weighted by Gasteiger charge is 2.37. The highest BCUT2D eigenvalue weighted by Crippen LogP contribution is 2.32. The number of urea groups is 1. The van der Waals surface area contributed by atoms with Crippen LogP contribution in [0.3, 0.4) is 0 Å². The molecule has 0 aromatic rings. The first-order chi connectivity index (χ1) is 8.99. The number of nitrogens with one attached hydrogen (secondary N) is 2. The minimum absolute atomic E-state index is 0.0155. The summed E-state index contributed by atoms with van der Waals surface area (Å²) in [5.74, 6) is -1.20. The van der Waals surface area contributed by atoms with Gasteiger partial charge in [-0.3, -0.25) is 4.79 Å². The van der Waals surface area contributed by atoms with E-state index in [9.17, 15) is 14.4 Å². The van der Waals surface area contributed by atoms with E-state index in [0.29, 0.717) is 13.1 Å². The third-order valence-corrected chi connectivity index (χ3v) is 3.16. The summed E-state index contributed by atoms with van der Waals surface area (Å²) in [6.07, 6.45) is 1.63. The number of carboxylic acid groups (broad SMARTS) is 1. The smallest absolute Gasteiger partial charge is 0.326 e. The minimum Gasteiger partial charge on any atom is -0.480 e. The number of rotatable bonds is 7. The van der Waals surface area contributed by atoms with Gasteiger partial charge in [0.15, 0.2) is 0 Å². The fraction of sp³-hybridized carbons (Fsp3) is 0.750. The van der Waals surface area contributed by atoms with Crippen molar-refractivity contribution in [1.29, 1.82) is 0 Å². The van der Waals surface area contributed by atoms with E-state index in [1.165, 1.54) is 0 Å². The second-order valence-electron chi connectivity index (χ2n) is 4.55. The Kier molecular flexibility index (Phi) is 5.59. The molecule has 0 heterocycles. The van der Waals surface area contributed by atoms with Gasteiger partial charge in [-0.2, -0.15) is 0 Å². The van der Waals surface area contributed by atoms with E-state index in [-0.39, 0.29) is 18.4 Å². The third-order valence-electron chi connectivity index (χ3n) is 3.16. The zero-order valence-electron chi connectivity index (χ0n) is 11.3. The summed E-state index contributed by atoms with van der Waals surface area (Å²) in [4.78, 5) is 35.7. The van der Waals surface area contributed by atoms with Gasteiger partial charge in [-0.25, -0.2) is 9.59 Å². The second kappa shape index (κ2) is 6.96. The van der Waals surface area contributed by atoms with Crippen molar-refractivity contribution in [2.45, 2.75) is 32.7 Å². The molecule has 19 heavy (non-hydrogen) atoms. The first-order valence-corrected chi connectivity index (χ1v) is 6.54. The van der Waals surface area contributed by atoms with E-state index < -0.39 is 18.0 Å². The average Bonchev–Trinajstić information content (AvgIpc) is 3.18. The third kappa shape index (κ3) is 4.76. The van der Waals surface area contributed by atoms with Crippen LogP contribution in [0, 0.1) is 5.92 Å². The zero-order chi connectivity index (χ0) is 14.4. The maximum Gasteiger partial charge on any atom is 0.326 e. The van der Waals surface area contributed by atoms with E-state index in [1.807, 2.05) is 13.8 Å². The second-order valence-corrected chi connectivity index (χ2v) is 4.55. The Morgan fingerprint density at radius 3 is 2.26 bits per heavy atom. The van der Waals surface area contributed by atoms with Gasteiger partial charge in [0.2, 0.25) is 5.91 Å². The Morgan fingerprint density at radius 2 is 1.84 bits per heavy atom. The minimum atomic E-state index is -1.03. The van der Waals surface area contributed by atoms with Gasteiger partial charge >= 0.3 is 12.0 Å². The standard InChI is InChI=1S/C12H21N3O4/c1-3-15(4-2)9(16)7-13-12(19)14-10(11(17)18)8-5-6-8/h8,10H,3-7H2,1-2H3,(H,17,18)(H2,13,14,19). The molecule has 0 aromatic carbocycles. The molecule has 108 valence electrons. The first-order valence-electron chi connectivity index (χ1n) is 6.54. The van der Waals surface area contributed by atoms with Gasteiger partial charge in [0.25, 0.3) is 0 Å². The predicted molar refractivity (Wildman–Crippen MR) is 68.6 cm³/mol. The van der Waals surface area contributed by atoms with E-state index in [1.54, 1.807) is 4.90 Å². The molecule has 0 aromatic heterocycles. The van der Waals surface area contributed by atoms with Crippen LogP contribution >= 0.6 is 0 Å². The number of carbonyl (C=O) groups is 3. The van der Waals surface area contributed by atoms with E-state index in [4.69, 9.17) is 5.11 Å². The maximum absolute atomic E-state index is 11.6. The van der Waals surface area contributed by atoms with Crippen molar-refractivity contribution in [3.05, 3.63) is 0 Å². The van der Waals surface area contributed by atoms with Gasteiger partial charge in [0.05, 0.1) is 6.54 Å². The van der Waals surface area contributed by atoms with Crippen LogP contribution in [0.25, 0.3) is 0 Å². The summed E-state index contributed by atoms with van der Waals surface area (Å²) in [6.45, 7) is 4.76. The monoisotopic (exact) mass is 271 g/mol. The molecule has 1 fully saturated rings. The fourth-order valence-electron chi connectivity index (χ4n) is 1.85. The quantitative estimate of drug-likeness (QED) is 0.607. The number of carboxylic acids is 1. The number of hydrogen-bond donors (Lipinski definition) is 3. The molecule has 7 heteroatoms. The summed E-state index contributed by atoms with van der Waals surface area (Å²) < 4.78 is 0. The van der Waals surface area contributed by atoms with Crippen LogP contribution in [-0.2, 0) is 9.59 Å². The lowest BCUT2D eigenvalue weighted by Crippen LogP contribution is -2.49. The molecule has 7 nitrogen and oxygen atoms in total. The highest BCUT2D eigenvalue weighted by atomic mass is 16.4. The van der Waals surface area contributed by atoms with Crippen LogP contribution in [0.2, 0.25) is 0 Å². The van der Waals surface area contributed by atoms with Gasteiger partial charge in [-0.05, 0) is 32.6 Å². The van der Waals surface area contributed by atoms with E-state index >= 15 is 0 Å². The number of nitrogens with zero attached hydrogens (tertiary/aromatic N) is 1. The molecule has 0 spiro atoms. The van der Waals surface area contributed by atoms with Gasteiger partial charge in [-0.1, -0.05) is 0 Å². The van der Waals surface area contributed by atoms with Crippen molar-refractivity contribution in [3.63, 3.8) is 0 Å². The van der Waals surface area contributed by atoms with Gasteiger partial charge in [0.1, 0.15) is 6.04 Å². The molecule has 1 aliphatic rings. The molecule has 3 amide bonds. The van der Waals surface area contributed by atoms with Crippen LogP contribution in [0.15, 0.2) is 0 Å². The van der Waals surface area contributed by atoms with Crippen LogP contribution in [-0.4, -0.2) is 53.6 Å². The number of aliphatic carboxylic acids is 1. The van der Waals surface area contributed by atoms with Crippen molar-refractivity contribution in [1.82, 2.24) is 15.5 Å². The first kappa shape index (κ1) is 15.3. The van der Waals surface area contributed by atoms with Crippen molar-refractivity contribution in [3.8, 4) is 0 Å². The molecule has 0 bridgehead atoms. The van der Waals surface area contributed by atoms with Gasteiger partial charge < -0.3 is 20.6 Å². The summed E-state index contributed by atoms with van der Waals surface area (Å²) >= 11 is 0. The molecule has 0 saturated heterocycles. The van der Waals surface area contributed by atoms with Crippen molar-refractivity contribution >= 4 is 17.9 Å². The normalized spacial score (nSPS) is 15.5. The van der Waals surface area contributed by atoms with Crippen molar-refractivity contribution in [2.75, 3.05) is 19.6 Å². The Morgan fingerprint density at radius 1 is 1.26 bits per heavy atom. The molecule has 0 radical (unpaired) electrons. The van der Waals surface area contributed by atoms with Crippen LogP contribution in [0.5, 0.6) is 0 Å². The van der Waals surface area contributed by atoms with E-state index in [2.05, 4.69) is 10.6 Å². The topological polar surface area (TPSA) is 98.7 Å². The molecule has 1 saturated carbocycles. The summed E-state index contributed by atoms with van der Waals surface area (Å²) in [7, 11) is 0. The molecule has 1 rings (SSSR count). The van der Waals surface area contributed by atoms with Crippen LogP contribution < -0.4 is 10.6 Å². The largest absolute Gasteiger partial charge is 0.480 e. The SMILES string of the molecule is CCN(CC)C(=O)CNC(=O)NC(C(=O)O)C1CC1. The lowest BCUT2D eigenvalue weighted by molar-refractivity contribution is -0.139. The Bertz CT molecular complexity index is 351. The Labute approximate surface area is 112 Å². The van der Waals surface area contributed by atoms with Crippen LogP contribution in [0.4, 0.5) is 4.79 Å². The fourth-order valence-corrected chi connectivity index (χ4v) is 1.85. The van der Waals surface area contributed by atoms with Crippen LogP contribution in [0.1, 0.15) is 26.7 Å². The number of hydrogen-bond acceptors (Lipinski definition) is 3. The number of amides is 3. The highest BCUT2D eigenvalue weighted by molar-refractivity contribution is 5.86. The average molecular weight is 271 g/mol. The van der Waals surface area contributed by atoms with Gasteiger partial charge in [-0.15, -0.1) is 0 Å². The van der Waals surface area contributed by atoms with E-state index in [0.717, 1.165) is 12.8 Å². The molecule has 1 unspecified atom stereocenters. The van der Waals surface area contributed by atoms with Gasteiger partial charge in [0, 0.05) is 13.1 Å². The summed E-state index contributed by atoms with van der Waals surface area (Å²) in [5, 5.41) is 13.7. The number of likely N-dealkylation sites (N-methyl/N-ethyl adjacent to an activating group) is 1. The predicted octanol–water partition coefficient (Wildman–Crippen LogP) is 0.0172. The Hall–Kier alpha value is -1.79. The Balaban J connectivity index is 2.34. The molecule has 1 aliphatic carbocycles. The maximum atomic E-state index is 11.6. The van der Waals surface area contributed by atoms with Crippen molar-refractivity contribution in [2.24, 2.45) is 5.92 Å².